The van der Waals surface area contributed by atoms with Crippen molar-refractivity contribution in [1.29, 1.82) is 0 Å². The minimum Gasteiger partial charge on any atom is -0.361 e. The molecule has 1 atom stereocenters. The highest BCUT2D eigenvalue weighted by atomic mass is 16.2. The molecule has 3 aliphatic rings. The van der Waals surface area contributed by atoms with Gasteiger partial charge in [-0.25, -0.2) is 0 Å². The lowest BCUT2D eigenvalue weighted by atomic mass is 9.73. The lowest BCUT2D eigenvalue weighted by molar-refractivity contribution is -0.139. The molecule has 1 spiro atoms. The fourth-order valence-electron chi connectivity index (χ4n) is 7.09. The molecule has 0 bridgehead atoms. The molecule has 2 fully saturated rings. The number of aromatic amines is 1. The van der Waals surface area contributed by atoms with Crippen molar-refractivity contribution in [2.24, 2.45) is 5.73 Å². The summed E-state index contributed by atoms with van der Waals surface area (Å²) in [5.74, 6) is -0.164. The van der Waals surface area contributed by atoms with Crippen LogP contribution in [0.15, 0.2) is 54.7 Å². The molecule has 1 saturated carbocycles. The first kappa shape index (κ1) is 24.2. The maximum atomic E-state index is 14.0. The number of benzene rings is 2. The summed E-state index contributed by atoms with van der Waals surface area (Å²) in [5, 5.41) is 4.23. The topological polar surface area (TPSA) is 91.2 Å². The largest absolute Gasteiger partial charge is 0.361 e. The second-order valence-electron chi connectivity index (χ2n) is 11.6. The van der Waals surface area contributed by atoms with Gasteiger partial charge in [0.15, 0.2) is 0 Å². The van der Waals surface area contributed by atoms with E-state index in [2.05, 4.69) is 40.6 Å². The molecule has 4 N–H and O–H groups in total. The van der Waals surface area contributed by atoms with Gasteiger partial charge in [0.2, 0.25) is 11.8 Å². The zero-order valence-corrected chi connectivity index (χ0v) is 21.6. The van der Waals surface area contributed by atoms with Crippen LogP contribution in [-0.4, -0.2) is 46.4 Å². The van der Waals surface area contributed by atoms with E-state index in [1.807, 2.05) is 29.3 Å². The average molecular weight is 499 g/mol. The molecule has 3 aromatic rings. The number of H-pyrrole nitrogens is 1. The van der Waals surface area contributed by atoms with Gasteiger partial charge in [-0.3, -0.25) is 9.59 Å². The minimum atomic E-state index is -0.878. The Morgan fingerprint density at radius 2 is 1.68 bits per heavy atom. The van der Waals surface area contributed by atoms with Gasteiger partial charge in [-0.15, -0.1) is 0 Å². The van der Waals surface area contributed by atoms with Gasteiger partial charge in [-0.1, -0.05) is 61.7 Å². The normalized spacial score (nSPS) is 21.1. The number of amides is 2. The summed E-state index contributed by atoms with van der Waals surface area (Å²) in [6, 6.07) is 16.3. The number of nitrogens with two attached hydrogens (primary N) is 1. The van der Waals surface area contributed by atoms with Gasteiger partial charge < -0.3 is 20.9 Å². The maximum absolute atomic E-state index is 14.0. The highest BCUT2D eigenvalue weighted by Gasteiger charge is 2.43. The smallest absolute Gasteiger partial charge is 0.245 e. The Bertz CT molecular complexity index is 1300. The van der Waals surface area contributed by atoms with E-state index in [9.17, 15) is 9.59 Å². The van der Waals surface area contributed by atoms with E-state index in [0.29, 0.717) is 19.3 Å². The van der Waals surface area contributed by atoms with Gasteiger partial charge >= 0.3 is 0 Å². The lowest BCUT2D eigenvalue weighted by Crippen LogP contribution is -2.60. The number of carbonyl (C=O) groups is 2. The number of carbonyl (C=O) groups excluding carboxylic acids is 2. The number of aromatic nitrogens is 1. The van der Waals surface area contributed by atoms with Crippen LogP contribution in [0.3, 0.4) is 0 Å². The van der Waals surface area contributed by atoms with Crippen LogP contribution in [0, 0.1) is 0 Å². The fraction of sp³-hybridized carbons (Fsp3) is 0.484. The number of nitrogens with zero attached hydrogens (tertiary/aromatic N) is 1. The molecule has 0 radical (unpaired) electrons. The molecule has 0 unspecified atom stereocenters. The van der Waals surface area contributed by atoms with E-state index in [-0.39, 0.29) is 17.2 Å². The molecule has 1 aromatic heterocycles. The third-order valence-electron chi connectivity index (χ3n) is 9.39. The van der Waals surface area contributed by atoms with Crippen molar-refractivity contribution in [2.45, 2.75) is 81.2 Å². The Balaban J connectivity index is 1.22. The third-order valence-corrected chi connectivity index (χ3v) is 9.39. The standard InChI is InChI=1S/C31H38N4O2/c32-31(13-6-1-7-14-31)29(37)34-27(20-23-21-33-26-11-5-3-9-24(23)26)28(36)35-18-16-30(17-19-35)15-12-22-8-2-4-10-25(22)30/h2-5,8-11,21,27,33H,1,6-7,12-20,32H2,(H,34,37)/t27-/m1/s1. The second-order valence-corrected chi connectivity index (χ2v) is 11.6. The zero-order chi connectivity index (χ0) is 25.5. The number of aryl methyl sites for hydroxylation is 1. The van der Waals surface area contributed by atoms with Crippen molar-refractivity contribution in [3.63, 3.8) is 0 Å². The van der Waals surface area contributed by atoms with Crippen LogP contribution in [0.5, 0.6) is 0 Å². The number of likely N-dealkylation sites (tertiary alicyclic amines) is 1. The molecule has 194 valence electrons. The number of para-hydroxylation sites is 1. The van der Waals surface area contributed by atoms with E-state index in [4.69, 9.17) is 5.73 Å². The predicted octanol–water partition coefficient (Wildman–Crippen LogP) is 4.36. The van der Waals surface area contributed by atoms with Crippen molar-refractivity contribution < 1.29 is 9.59 Å². The summed E-state index contributed by atoms with van der Waals surface area (Å²) in [5.41, 5.74) is 10.9. The van der Waals surface area contributed by atoms with Crippen LogP contribution < -0.4 is 11.1 Å². The van der Waals surface area contributed by atoms with Crippen LogP contribution in [-0.2, 0) is 27.8 Å². The minimum absolute atomic E-state index is 0.0131. The highest BCUT2D eigenvalue weighted by molar-refractivity contribution is 5.93. The Morgan fingerprint density at radius 3 is 2.49 bits per heavy atom. The Kier molecular flexibility index (Phi) is 6.31. The Labute approximate surface area is 219 Å². The summed E-state index contributed by atoms with van der Waals surface area (Å²) in [7, 11) is 0. The summed E-state index contributed by atoms with van der Waals surface area (Å²) in [6.07, 6.45) is 11.1. The molecule has 6 heteroatoms. The van der Waals surface area contributed by atoms with Gasteiger partial charge in [0.1, 0.15) is 6.04 Å². The zero-order valence-electron chi connectivity index (χ0n) is 21.6. The first-order valence-corrected chi connectivity index (χ1v) is 14.0. The van der Waals surface area contributed by atoms with Gasteiger partial charge in [0.05, 0.1) is 5.54 Å². The molecule has 1 aliphatic heterocycles. The molecule has 6 nitrogen and oxygen atoms in total. The second kappa shape index (κ2) is 9.64. The monoisotopic (exact) mass is 498 g/mol. The predicted molar refractivity (Wildman–Crippen MR) is 146 cm³/mol. The number of fused-ring (bicyclic) bond motifs is 3. The number of hydrogen-bond donors (Lipinski definition) is 3. The number of piperidine rings is 1. The van der Waals surface area contributed by atoms with Crippen LogP contribution in [0.25, 0.3) is 10.9 Å². The van der Waals surface area contributed by atoms with E-state index >= 15 is 0 Å². The van der Waals surface area contributed by atoms with Gasteiger partial charge in [-0.05, 0) is 66.7 Å². The quantitative estimate of drug-likeness (QED) is 0.488. The summed E-state index contributed by atoms with van der Waals surface area (Å²) in [4.78, 5) is 32.7. The van der Waals surface area contributed by atoms with Gasteiger partial charge in [0, 0.05) is 36.6 Å². The molecule has 2 aromatic carbocycles. The summed E-state index contributed by atoms with van der Waals surface area (Å²) >= 11 is 0. The van der Waals surface area contributed by atoms with E-state index < -0.39 is 11.6 Å². The van der Waals surface area contributed by atoms with Crippen LogP contribution in [0.1, 0.15) is 68.1 Å². The first-order valence-electron chi connectivity index (χ1n) is 14.0. The molecule has 2 amide bonds. The molecule has 37 heavy (non-hydrogen) atoms. The van der Waals surface area contributed by atoms with Gasteiger partial charge in [0.25, 0.3) is 0 Å². The maximum Gasteiger partial charge on any atom is 0.245 e. The van der Waals surface area contributed by atoms with Crippen molar-refractivity contribution in [3.8, 4) is 0 Å². The Morgan fingerprint density at radius 1 is 0.946 bits per heavy atom. The molecular formula is C31H38N4O2. The first-order chi connectivity index (χ1) is 18.0. The van der Waals surface area contributed by atoms with Crippen molar-refractivity contribution in [1.82, 2.24) is 15.2 Å². The highest BCUT2D eigenvalue weighted by Crippen LogP contribution is 2.46. The molecule has 1 saturated heterocycles. The third kappa shape index (κ3) is 4.46. The number of nitrogens with one attached hydrogen (secondary N) is 2. The number of hydrogen-bond acceptors (Lipinski definition) is 3. The summed E-state index contributed by atoms with van der Waals surface area (Å²) in [6.45, 7) is 1.45. The summed E-state index contributed by atoms with van der Waals surface area (Å²) < 4.78 is 0. The van der Waals surface area contributed by atoms with Crippen LogP contribution in [0.2, 0.25) is 0 Å². The van der Waals surface area contributed by atoms with Gasteiger partial charge in [-0.2, -0.15) is 0 Å². The molecular weight excluding hydrogens is 460 g/mol. The van der Waals surface area contributed by atoms with Crippen molar-refractivity contribution in [2.75, 3.05) is 13.1 Å². The molecule has 2 aliphatic carbocycles. The lowest BCUT2D eigenvalue weighted by Gasteiger charge is -2.41. The van der Waals surface area contributed by atoms with E-state index in [1.54, 1.807) is 0 Å². The molecule has 2 heterocycles. The Hall–Kier alpha value is -3.12. The fourth-order valence-corrected chi connectivity index (χ4v) is 7.09. The van der Waals surface area contributed by atoms with E-state index in [1.165, 1.54) is 17.5 Å². The van der Waals surface area contributed by atoms with E-state index in [0.717, 1.165) is 68.1 Å². The van der Waals surface area contributed by atoms with Crippen LogP contribution >= 0.6 is 0 Å². The van der Waals surface area contributed by atoms with Crippen molar-refractivity contribution >= 4 is 22.7 Å². The van der Waals surface area contributed by atoms with Crippen LogP contribution in [0.4, 0.5) is 0 Å². The number of rotatable bonds is 5. The molecule has 6 rings (SSSR count). The average Bonchev–Trinajstić information content (AvgIpc) is 3.50. The SMILES string of the molecule is NC1(C(=O)N[C@H](Cc2c[nH]c3ccccc23)C(=O)N2CCC3(CCc4ccccc43)CC2)CCCCC1. The van der Waals surface area contributed by atoms with Crippen molar-refractivity contribution in [3.05, 3.63) is 71.4 Å².